The maximum absolute atomic E-state index is 12.3. The van der Waals surface area contributed by atoms with Gasteiger partial charge in [-0.3, -0.25) is 10.1 Å². The van der Waals surface area contributed by atoms with E-state index in [2.05, 4.69) is 27.3 Å². The molecule has 1 amide bonds. The van der Waals surface area contributed by atoms with Crippen LogP contribution in [0.5, 0.6) is 5.75 Å². The van der Waals surface area contributed by atoms with Crippen molar-refractivity contribution in [1.29, 1.82) is 0 Å². The Hall–Kier alpha value is -3.16. The van der Waals surface area contributed by atoms with Crippen LogP contribution in [0, 0.1) is 0 Å². The Morgan fingerprint density at radius 1 is 1.13 bits per heavy atom. The second-order valence-electron chi connectivity index (χ2n) is 6.78. The first-order valence-electron chi connectivity index (χ1n) is 9.73. The molecule has 1 fully saturated rings. The van der Waals surface area contributed by atoms with E-state index < -0.39 is 0 Å². The van der Waals surface area contributed by atoms with Crippen molar-refractivity contribution < 1.29 is 14.3 Å². The van der Waals surface area contributed by atoms with Crippen LogP contribution in [-0.4, -0.2) is 44.3 Å². The first-order valence-corrected chi connectivity index (χ1v) is 10.6. The summed E-state index contributed by atoms with van der Waals surface area (Å²) in [4.78, 5) is 19.0. The summed E-state index contributed by atoms with van der Waals surface area (Å²) in [5, 5.41) is 5.31. The van der Waals surface area contributed by atoms with Crippen molar-refractivity contribution in [3.8, 4) is 17.0 Å². The largest absolute Gasteiger partial charge is 0.497 e. The molecule has 7 heteroatoms. The molecule has 1 N–H and O–H groups in total. The number of hydrogen-bond donors (Lipinski definition) is 1. The summed E-state index contributed by atoms with van der Waals surface area (Å²) < 4.78 is 10.6. The van der Waals surface area contributed by atoms with Gasteiger partial charge in [0.15, 0.2) is 5.13 Å². The van der Waals surface area contributed by atoms with Gasteiger partial charge in [0.25, 0.3) is 0 Å². The quantitative estimate of drug-likeness (QED) is 0.601. The van der Waals surface area contributed by atoms with Gasteiger partial charge >= 0.3 is 0 Å². The number of amides is 1. The molecule has 1 aliphatic heterocycles. The van der Waals surface area contributed by atoms with Crippen LogP contribution in [0.4, 0.5) is 10.8 Å². The lowest BCUT2D eigenvalue weighted by Crippen LogP contribution is -2.36. The maximum Gasteiger partial charge on any atom is 0.250 e. The Balaban J connectivity index is 1.34. The number of hydrogen-bond acceptors (Lipinski definition) is 6. The first-order chi connectivity index (χ1) is 14.7. The minimum atomic E-state index is -0.206. The zero-order chi connectivity index (χ0) is 20.8. The van der Waals surface area contributed by atoms with Crippen molar-refractivity contribution in [2.75, 3.05) is 43.6 Å². The number of morpholine rings is 1. The fraction of sp³-hybridized carbons (Fsp3) is 0.217. The van der Waals surface area contributed by atoms with E-state index in [0.29, 0.717) is 5.13 Å². The third-order valence-corrected chi connectivity index (χ3v) is 5.57. The standard InChI is InChI=1S/C23H23N3O3S/c1-28-20-9-5-18(6-10-20)21-16-30-23(24-21)25-22(27)11-4-17-2-7-19(8-3-17)26-12-14-29-15-13-26/h2-11,16H,12-15H2,1H3,(H,24,25,27)/b11-4+. The highest BCUT2D eigenvalue weighted by atomic mass is 32.1. The van der Waals surface area contributed by atoms with Crippen molar-refractivity contribution >= 4 is 34.1 Å². The van der Waals surface area contributed by atoms with Crippen molar-refractivity contribution in [2.45, 2.75) is 0 Å². The zero-order valence-corrected chi connectivity index (χ0v) is 17.5. The number of thiazole rings is 1. The topological polar surface area (TPSA) is 63.7 Å². The van der Waals surface area contributed by atoms with Gasteiger partial charge in [0.2, 0.25) is 5.91 Å². The van der Waals surface area contributed by atoms with E-state index in [1.54, 1.807) is 13.2 Å². The molecule has 0 saturated carbocycles. The molecule has 2 heterocycles. The first kappa shape index (κ1) is 20.1. The van der Waals surface area contributed by atoms with E-state index in [-0.39, 0.29) is 5.91 Å². The summed E-state index contributed by atoms with van der Waals surface area (Å²) in [6, 6.07) is 15.8. The average molecular weight is 422 g/mol. The van der Waals surface area contributed by atoms with Crippen LogP contribution in [0.25, 0.3) is 17.3 Å². The van der Waals surface area contributed by atoms with Crippen molar-refractivity contribution in [3.63, 3.8) is 0 Å². The van der Waals surface area contributed by atoms with E-state index in [1.807, 2.05) is 41.8 Å². The van der Waals surface area contributed by atoms with Crippen molar-refractivity contribution in [3.05, 3.63) is 65.6 Å². The van der Waals surface area contributed by atoms with Crippen LogP contribution >= 0.6 is 11.3 Å². The Labute approximate surface area is 179 Å². The predicted octanol–water partition coefficient (Wildman–Crippen LogP) is 4.31. The molecule has 0 unspecified atom stereocenters. The molecular formula is C23H23N3O3S. The fourth-order valence-electron chi connectivity index (χ4n) is 3.16. The predicted molar refractivity (Wildman–Crippen MR) is 121 cm³/mol. The summed E-state index contributed by atoms with van der Waals surface area (Å²) in [5.41, 5.74) is 3.94. The summed E-state index contributed by atoms with van der Waals surface area (Å²) in [6.07, 6.45) is 3.33. The van der Waals surface area contributed by atoms with Gasteiger partial charge in [-0.05, 0) is 48.0 Å². The Bertz CT molecular complexity index is 1010. The van der Waals surface area contributed by atoms with Gasteiger partial charge in [-0.25, -0.2) is 4.98 Å². The molecule has 0 bridgehead atoms. The lowest BCUT2D eigenvalue weighted by Gasteiger charge is -2.28. The minimum absolute atomic E-state index is 0.206. The van der Waals surface area contributed by atoms with Gasteiger partial charge in [0, 0.05) is 35.8 Å². The van der Waals surface area contributed by atoms with Gasteiger partial charge in [0.05, 0.1) is 26.0 Å². The number of anilines is 2. The molecule has 0 spiro atoms. The molecule has 4 rings (SSSR count). The van der Waals surface area contributed by atoms with Gasteiger partial charge in [0.1, 0.15) is 5.75 Å². The van der Waals surface area contributed by atoms with E-state index in [4.69, 9.17) is 9.47 Å². The Kier molecular flexibility index (Phi) is 6.41. The normalized spacial score (nSPS) is 14.1. The Morgan fingerprint density at radius 2 is 1.87 bits per heavy atom. The number of carbonyl (C=O) groups excluding carboxylic acids is 1. The summed E-state index contributed by atoms with van der Waals surface area (Å²) in [6.45, 7) is 3.34. The van der Waals surface area contributed by atoms with Crippen LogP contribution in [0.2, 0.25) is 0 Å². The molecule has 2 aromatic carbocycles. The van der Waals surface area contributed by atoms with E-state index in [1.165, 1.54) is 23.1 Å². The Morgan fingerprint density at radius 3 is 2.57 bits per heavy atom. The molecule has 0 radical (unpaired) electrons. The smallest absolute Gasteiger partial charge is 0.250 e. The van der Waals surface area contributed by atoms with Crippen LogP contribution in [0.1, 0.15) is 5.56 Å². The van der Waals surface area contributed by atoms with E-state index in [9.17, 15) is 4.79 Å². The highest BCUT2D eigenvalue weighted by molar-refractivity contribution is 7.14. The third-order valence-electron chi connectivity index (χ3n) is 4.82. The number of aromatic nitrogens is 1. The van der Waals surface area contributed by atoms with Gasteiger partial charge in [-0.2, -0.15) is 0 Å². The fourth-order valence-corrected chi connectivity index (χ4v) is 3.88. The number of rotatable bonds is 6. The van der Waals surface area contributed by atoms with Crippen LogP contribution in [-0.2, 0) is 9.53 Å². The van der Waals surface area contributed by atoms with E-state index in [0.717, 1.165) is 48.9 Å². The molecule has 0 atom stereocenters. The second-order valence-corrected chi connectivity index (χ2v) is 7.64. The summed E-state index contributed by atoms with van der Waals surface area (Å²) in [5.74, 6) is 0.591. The van der Waals surface area contributed by atoms with Gasteiger partial charge in [-0.15, -0.1) is 11.3 Å². The van der Waals surface area contributed by atoms with Crippen LogP contribution < -0.4 is 15.0 Å². The summed E-state index contributed by atoms with van der Waals surface area (Å²) in [7, 11) is 1.64. The third kappa shape index (κ3) is 5.06. The lowest BCUT2D eigenvalue weighted by atomic mass is 10.1. The number of ether oxygens (including phenoxy) is 2. The van der Waals surface area contributed by atoms with Crippen LogP contribution in [0.3, 0.4) is 0 Å². The number of benzene rings is 2. The SMILES string of the molecule is COc1ccc(-c2csc(NC(=O)/C=C/c3ccc(N4CCOCC4)cc3)n2)cc1. The molecular weight excluding hydrogens is 398 g/mol. The number of nitrogens with one attached hydrogen (secondary N) is 1. The van der Waals surface area contributed by atoms with Crippen molar-refractivity contribution in [1.82, 2.24) is 4.98 Å². The number of carbonyl (C=O) groups is 1. The number of nitrogens with zero attached hydrogens (tertiary/aromatic N) is 2. The molecule has 0 aliphatic carbocycles. The molecule has 154 valence electrons. The number of methoxy groups -OCH3 is 1. The highest BCUT2D eigenvalue weighted by Gasteiger charge is 2.10. The van der Waals surface area contributed by atoms with E-state index >= 15 is 0 Å². The van der Waals surface area contributed by atoms with Gasteiger partial charge < -0.3 is 14.4 Å². The lowest BCUT2D eigenvalue weighted by molar-refractivity contribution is -0.111. The molecule has 1 aliphatic rings. The van der Waals surface area contributed by atoms with Gasteiger partial charge in [-0.1, -0.05) is 12.1 Å². The van der Waals surface area contributed by atoms with Crippen LogP contribution in [0.15, 0.2) is 60.0 Å². The monoisotopic (exact) mass is 421 g/mol. The molecule has 1 aromatic heterocycles. The summed E-state index contributed by atoms with van der Waals surface area (Å²) >= 11 is 1.40. The average Bonchev–Trinajstić information content (AvgIpc) is 3.27. The minimum Gasteiger partial charge on any atom is -0.497 e. The molecule has 1 saturated heterocycles. The maximum atomic E-state index is 12.3. The zero-order valence-electron chi connectivity index (χ0n) is 16.7. The molecule has 3 aromatic rings. The molecule has 30 heavy (non-hydrogen) atoms. The highest BCUT2D eigenvalue weighted by Crippen LogP contribution is 2.26. The second kappa shape index (κ2) is 9.56. The molecule has 6 nitrogen and oxygen atoms in total. The van der Waals surface area contributed by atoms with Crippen molar-refractivity contribution in [2.24, 2.45) is 0 Å².